The summed E-state index contributed by atoms with van der Waals surface area (Å²) >= 11 is 2.18. The summed E-state index contributed by atoms with van der Waals surface area (Å²) in [7, 11) is 0. The van der Waals surface area contributed by atoms with Crippen LogP contribution in [-0.2, 0) is 4.74 Å². The van der Waals surface area contributed by atoms with Crippen LogP contribution in [0, 0.1) is 10.6 Å². The second-order valence-electron chi connectivity index (χ2n) is 3.72. The van der Waals surface area contributed by atoms with Gasteiger partial charge in [0, 0.05) is 19.2 Å². The number of hydrogen-bond acceptors (Lipinski definition) is 5. The number of halogens is 1. The van der Waals surface area contributed by atoms with Crippen LogP contribution in [0.4, 0.5) is 5.82 Å². The largest absolute Gasteiger partial charge is 0.394 e. The number of aliphatic hydroxyl groups excluding tert-OH is 1. The molecule has 2 rings (SSSR count). The number of aromatic nitrogens is 2. The molecule has 0 radical (unpaired) electrons. The lowest BCUT2D eigenvalue weighted by Gasteiger charge is -2.32. The van der Waals surface area contributed by atoms with Gasteiger partial charge in [0.15, 0.2) is 0 Å². The fourth-order valence-electron chi connectivity index (χ4n) is 1.72. The van der Waals surface area contributed by atoms with Crippen molar-refractivity contribution in [3.05, 3.63) is 15.6 Å². The summed E-state index contributed by atoms with van der Waals surface area (Å²) in [6, 6.07) is 1.95. The summed E-state index contributed by atoms with van der Waals surface area (Å²) in [5.74, 6) is 1.69. The van der Waals surface area contributed by atoms with E-state index in [4.69, 9.17) is 9.84 Å². The van der Waals surface area contributed by atoms with Gasteiger partial charge in [-0.3, -0.25) is 0 Å². The highest BCUT2D eigenvalue weighted by Crippen LogP contribution is 2.17. The Labute approximate surface area is 108 Å². The predicted octanol–water partition coefficient (Wildman–Crippen LogP) is 0.587. The Kier molecular flexibility index (Phi) is 3.93. The van der Waals surface area contributed by atoms with Crippen molar-refractivity contribution in [1.82, 2.24) is 9.97 Å². The minimum Gasteiger partial charge on any atom is -0.394 e. The molecule has 1 N–H and O–H groups in total. The summed E-state index contributed by atoms with van der Waals surface area (Å²) in [5, 5.41) is 9.08. The summed E-state index contributed by atoms with van der Waals surface area (Å²) in [5.41, 5.74) is 0. The van der Waals surface area contributed by atoms with E-state index >= 15 is 0 Å². The maximum atomic E-state index is 9.08. The van der Waals surface area contributed by atoms with Gasteiger partial charge < -0.3 is 14.7 Å². The zero-order chi connectivity index (χ0) is 11.5. The van der Waals surface area contributed by atoms with E-state index in [0.717, 1.165) is 21.9 Å². The lowest BCUT2D eigenvalue weighted by molar-refractivity contribution is 0.00334. The molecule has 6 heteroatoms. The maximum Gasteiger partial charge on any atom is 0.133 e. The van der Waals surface area contributed by atoms with E-state index < -0.39 is 0 Å². The lowest BCUT2D eigenvalue weighted by Crippen LogP contribution is -2.44. The number of nitrogens with zero attached hydrogens (tertiary/aromatic N) is 3. The van der Waals surface area contributed by atoms with Gasteiger partial charge in [-0.15, -0.1) is 0 Å². The van der Waals surface area contributed by atoms with Crippen molar-refractivity contribution in [1.29, 1.82) is 0 Å². The van der Waals surface area contributed by atoms with Gasteiger partial charge >= 0.3 is 0 Å². The number of morpholine rings is 1. The van der Waals surface area contributed by atoms with Gasteiger partial charge in [-0.1, -0.05) is 0 Å². The molecule has 2 heterocycles. The molecule has 0 aliphatic carbocycles. The molecular weight excluding hydrogens is 321 g/mol. The molecule has 0 aromatic carbocycles. The molecule has 0 bridgehead atoms. The van der Waals surface area contributed by atoms with Crippen molar-refractivity contribution in [2.75, 3.05) is 31.2 Å². The van der Waals surface area contributed by atoms with E-state index in [1.165, 1.54) is 0 Å². The minimum absolute atomic E-state index is 0.0532. The first-order valence-corrected chi connectivity index (χ1v) is 6.25. The highest BCUT2D eigenvalue weighted by molar-refractivity contribution is 14.1. The number of ether oxygens (including phenoxy) is 1. The van der Waals surface area contributed by atoms with Crippen LogP contribution in [-0.4, -0.2) is 47.5 Å². The molecule has 1 unspecified atom stereocenters. The Hall–Kier alpha value is -0.470. The standard InChI is InChI=1S/C10H14IN3O2/c1-7-12-9(11)4-10(13-7)14-2-3-16-8(5-14)6-15/h4,8,15H,2-3,5-6H2,1H3. The van der Waals surface area contributed by atoms with Crippen LogP contribution >= 0.6 is 22.6 Å². The van der Waals surface area contributed by atoms with Crippen molar-refractivity contribution in [2.24, 2.45) is 0 Å². The minimum atomic E-state index is -0.110. The molecular formula is C10H14IN3O2. The summed E-state index contributed by atoms with van der Waals surface area (Å²) in [6.45, 7) is 4.06. The zero-order valence-corrected chi connectivity index (χ0v) is 11.2. The fourth-order valence-corrected chi connectivity index (χ4v) is 2.34. The fraction of sp³-hybridized carbons (Fsp3) is 0.600. The van der Waals surface area contributed by atoms with Crippen LogP contribution in [0.2, 0.25) is 0 Å². The molecule has 1 atom stereocenters. The van der Waals surface area contributed by atoms with Gasteiger partial charge in [0.2, 0.25) is 0 Å². The van der Waals surface area contributed by atoms with Gasteiger partial charge in [-0.05, 0) is 29.5 Å². The number of anilines is 1. The Balaban J connectivity index is 2.16. The lowest BCUT2D eigenvalue weighted by atomic mass is 10.3. The first-order valence-electron chi connectivity index (χ1n) is 5.17. The third kappa shape index (κ3) is 2.80. The van der Waals surface area contributed by atoms with Crippen LogP contribution in [0.1, 0.15) is 5.82 Å². The SMILES string of the molecule is Cc1nc(I)cc(N2CCOC(CO)C2)n1. The molecule has 0 saturated carbocycles. The molecule has 1 aromatic heterocycles. The number of hydrogen-bond donors (Lipinski definition) is 1. The number of aryl methyl sites for hydroxylation is 1. The third-order valence-electron chi connectivity index (χ3n) is 2.46. The van der Waals surface area contributed by atoms with Crippen LogP contribution in [0.15, 0.2) is 6.07 Å². The predicted molar refractivity (Wildman–Crippen MR) is 68.5 cm³/mol. The first kappa shape index (κ1) is 12.0. The molecule has 1 fully saturated rings. The average Bonchev–Trinajstić information content (AvgIpc) is 2.28. The van der Waals surface area contributed by atoms with Crippen LogP contribution in [0.3, 0.4) is 0 Å². The Morgan fingerprint density at radius 2 is 2.44 bits per heavy atom. The Bertz CT molecular complexity index is 355. The molecule has 88 valence electrons. The van der Waals surface area contributed by atoms with Crippen molar-refractivity contribution in [3.63, 3.8) is 0 Å². The highest BCUT2D eigenvalue weighted by atomic mass is 127. The number of rotatable bonds is 2. The molecule has 0 amide bonds. The highest BCUT2D eigenvalue weighted by Gasteiger charge is 2.21. The molecule has 0 spiro atoms. The summed E-state index contributed by atoms with van der Waals surface area (Å²) in [4.78, 5) is 10.8. The monoisotopic (exact) mass is 335 g/mol. The second-order valence-corrected chi connectivity index (χ2v) is 4.82. The average molecular weight is 335 g/mol. The van der Waals surface area contributed by atoms with Crippen molar-refractivity contribution in [3.8, 4) is 0 Å². The first-order chi connectivity index (χ1) is 7.69. The molecule has 1 saturated heterocycles. The van der Waals surface area contributed by atoms with E-state index in [9.17, 15) is 0 Å². The van der Waals surface area contributed by atoms with Crippen LogP contribution < -0.4 is 4.90 Å². The smallest absolute Gasteiger partial charge is 0.133 e. The molecule has 16 heavy (non-hydrogen) atoms. The van der Waals surface area contributed by atoms with Gasteiger partial charge in [0.25, 0.3) is 0 Å². The van der Waals surface area contributed by atoms with Crippen molar-refractivity contribution < 1.29 is 9.84 Å². The zero-order valence-electron chi connectivity index (χ0n) is 9.06. The van der Waals surface area contributed by atoms with Gasteiger partial charge in [0.05, 0.1) is 19.3 Å². The second kappa shape index (κ2) is 5.24. The van der Waals surface area contributed by atoms with Gasteiger partial charge in [0.1, 0.15) is 15.3 Å². The summed E-state index contributed by atoms with van der Waals surface area (Å²) < 4.78 is 6.34. The normalized spacial score (nSPS) is 21.2. The number of aliphatic hydroxyl groups is 1. The van der Waals surface area contributed by atoms with Crippen molar-refractivity contribution >= 4 is 28.4 Å². The van der Waals surface area contributed by atoms with Crippen molar-refractivity contribution in [2.45, 2.75) is 13.0 Å². The van der Waals surface area contributed by atoms with E-state index in [1.807, 2.05) is 13.0 Å². The molecule has 5 nitrogen and oxygen atoms in total. The Morgan fingerprint density at radius 3 is 3.12 bits per heavy atom. The molecule has 1 aromatic rings. The van der Waals surface area contributed by atoms with E-state index in [2.05, 4.69) is 37.5 Å². The third-order valence-corrected chi connectivity index (χ3v) is 3.01. The van der Waals surface area contributed by atoms with E-state index in [1.54, 1.807) is 0 Å². The van der Waals surface area contributed by atoms with Crippen LogP contribution in [0.5, 0.6) is 0 Å². The van der Waals surface area contributed by atoms with Gasteiger partial charge in [-0.2, -0.15) is 0 Å². The molecule has 1 aliphatic heterocycles. The maximum absolute atomic E-state index is 9.08. The topological polar surface area (TPSA) is 58.5 Å². The van der Waals surface area contributed by atoms with Crippen LogP contribution in [0.25, 0.3) is 0 Å². The molecule has 1 aliphatic rings. The Morgan fingerprint density at radius 1 is 1.62 bits per heavy atom. The summed E-state index contributed by atoms with van der Waals surface area (Å²) in [6.07, 6.45) is -0.110. The quantitative estimate of drug-likeness (QED) is 0.633. The van der Waals surface area contributed by atoms with E-state index in [0.29, 0.717) is 13.2 Å². The van der Waals surface area contributed by atoms with Gasteiger partial charge in [-0.25, -0.2) is 9.97 Å². The van der Waals surface area contributed by atoms with E-state index in [-0.39, 0.29) is 12.7 Å².